The van der Waals surface area contributed by atoms with E-state index < -0.39 is 0 Å². The first kappa shape index (κ1) is 17.5. The first-order chi connectivity index (χ1) is 11.0. The third-order valence-electron chi connectivity index (χ3n) is 2.89. The Morgan fingerprint density at radius 2 is 2.04 bits per heavy atom. The average Bonchev–Trinajstić information content (AvgIpc) is 3.01. The number of carbonyl (C=O) groups is 2. The number of anilines is 1. The van der Waals surface area contributed by atoms with Gasteiger partial charge in [-0.1, -0.05) is 29.3 Å². The number of halogens is 2. The minimum absolute atomic E-state index is 0.0616. The maximum absolute atomic E-state index is 12.0. The second kappa shape index (κ2) is 8.15. The molecule has 4 nitrogen and oxygen atoms in total. The summed E-state index contributed by atoms with van der Waals surface area (Å²) < 4.78 is 0. The molecule has 0 saturated carbocycles. The van der Waals surface area contributed by atoms with Gasteiger partial charge in [0, 0.05) is 23.7 Å². The lowest BCUT2D eigenvalue weighted by molar-refractivity contribution is -0.129. The van der Waals surface area contributed by atoms with Gasteiger partial charge in [0.15, 0.2) is 0 Å². The molecule has 7 heteroatoms. The first-order valence-corrected chi connectivity index (χ1v) is 8.31. The molecule has 2 amide bonds. The molecular weight excluding hydrogens is 355 g/mol. The fourth-order valence-corrected chi connectivity index (χ4v) is 2.65. The molecule has 1 aromatic heterocycles. The highest BCUT2D eigenvalue weighted by atomic mass is 35.5. The predicted molar refractivity (Wildman–Crippen MR) is 96.1 cm³/mol. The summed E-state index contributed by atoms with van der Waals surface area (Å²) in [5.41, 5.74) is 0.527. The third kappa shape index (κ3) is 5.39. The van der Waals surface area contributed by atoms with Crippen molar-refractivity contribution in [1.29, 1.82) is 0 Å². The second-order valence-electron chi connectivity index (χ2n) is 4.72. The highest BCUT2D eigenvalue weighted by Crippen LogP contribution is 2.24. The Balaban J connectivity index is 1.88. The zero-order chi connectivity index (χ0) is 16.8. The molecule has 1 N–H and O–H groups in total. The van der Waals surface area contributed by atoms with Crippen LogP contribution in [0.1, 0.15) is 4.88 Å². The van der Waals surface area contributed by atoms with E-state index in [2.05, 4.69) is 5.32 Å². The number of hydrogen-bond donors (Lipinski definition) is 1. The summed E-state index contributed by atoms with van der Waals surface area (Å²) in [4.78, 5) is 26.2. The summed E-state index contributed by atoms with van der Waals surface area (Å²) in [5.74, 6) is -0.563. The Hall–Kier alpha value is -1.82. The zero-order valence-electron chi connectivity index (χ0n) is 12.3. The molecular formula is C16H14Cl2N2O2S. The van der Waals surface area contributed by atoms with Crippen molar-refractivity contribution in [3.05, 3.63) is 56.7 Å². The molecule has 0 unspecified atom stereocenters. The Morgan fingerprint density at radius 1 is 1.26 bits per heavy atom. The van der Waals surface area contributed by atoms with Crippen LogP contribution >= 0.6 is 34.5 Å². The van der Waals surface area contributed by atoms with Crippen LogP contribution in [-0.2, 0) is 9.59 Å². The second-order valence-corrected chi connectivity index (χ2v) is 6.51. The van der Waals surface area contributed by atoms with Crippen molar-refractivity contribution < 1.29 is 9.59 Å². The van der Waals surface area contributed by atoms with Gasteiger partial charge < -0.3 is 10.2 Å². The van der Waals surface area contributed by atoms with Crippen molar-refractivity contribution in [3.63, 3.8) is 0 Å². The lowest BCUT2D eigenvalue weighted by Crippen LogP contribution is -2.33. The van der Waals surface area contributed by atoms with Crippen molar-refractivity contribution in [2.24, 2.45) is 0 Å². The molecule has 0 radical (unpaired) electrons. The topological polar surface area (TPSA) is 49.4 Å². The number of nitrogens with zero attached hydrogens (tertiary/aromatic N) is 1. The van der Waals surface area contributed by atoms with Crippen LogP contribution in [0.15, 0.2) is 41.8 Å². The van der Waals surface area contributed by atoms with Gasteiger partial charge in [-0.2, -0.15) is 0 Å². The molecule has 0 fully saturated rings. The fraction of sp³-hybridized carbons (Fsp3) is 0.125. The van der Waals surface area contributed by atoms with Crippen LogP contribution < -0.4 is 5.32 Å². The van der Waals surface area contributed by atoms with Gasteiger partial charge in [-0.25, -0.2) is 0 Å². The van der Waals surface area contributed by atoms with Crippen molar-refractivity contribution >= 4 is 58.1 Å². The molecule has 0 aliphatic rings. The number of carbonyl (C=O) groups excluding carboxylic acids is 2. The number of nitrogens with one attached hydrogen (secondary N) is 1. The van der Waals surface area contributed by atoms with Gasteiger partial charge in [-0.05, 0) is 35.7 Å². The molecule has 2 aromatic rings. The summed E-state index contributed by atoms with van der Waals surface area (Å²) in [6.45, 7) is -0.0616. The van der Waals surface area contributed by atoms with Crippen molar-refractivity contribution in [2.75, 3.05) is 18.9 Å². The van der Waals surface area contributed by atoms with Crippen molar-refractivity contribution in [2.45, 2.75) is 0 Å². The molecule has 23 heavy (non-hydrogen) atoms. The Labute approximate surface area is 148 Å². The van der Waals surface area contributed by atoms with E-state index >= 15 is 0 Å². The number of rotatable bonds is 5. The maximum atomic E-state index is 12.0. The number of amides is 2. The van der Waals surface area contributed by atoms with Crippen molar-refractivity contribution in [1.82, 2.24) is 4.90 Å². The van der Waals surface area contributed by atoms with Gasteiger partial charge >= 0.3 is 0 Å². The summed E-state index contributed by atoms with van der Waals surface area (Å²) in [7, 11) is 1.56. The molecule has 1 aromatic carbocycles. The van der Waals surface area contributed by atoms with Gasteiger partial charge in [-0.15, -0.1) is 11.3 Å². The molecule has 120 valence electrons. The minimum Gasteiger partial charge on any atom is -0.333 e. The third-order valence-corrected chi connectivity index (χ3v) is 4.47. The molecule has 0 aliphatic carbocycles. The molecule has 0 saturated heterocycles. The van der Waals surface area contributed by atoms with Gasteiger partial charge in [0.1, 0.15) is 0 Å². The van der Waals surface area contributed by atoms with Crippen LogP contribution in [0.5, 0.6) is 0 Å². The number of hydrogen-bond acceptors (Lipinski definition) is 3. The van der Waals surface area contributed by atoms with Gasteiger partial charge in [0.05, 0.1) is 16.6 Å². The average molecular weight is 369 g/mol. The molecule has 0 aliphatic heterocycles. The minimum atomic E-state index is -0.316. The normalized spacial score (nSPS) is 10.7. The maximum Gasteiger partial charge on any atom is 0.246 e. The van der Waals surface area contributed by atoms with E-state index in [9.17, 15) is 9.59 Å². The number of benzene rings is 1. The zero-order valence-corrected chi connectivity index (χ0v) is 14.6. The van der Waals surface area contributed by atoms with Crippen LogP contribution in [0.4, 0.5) is 5.69 Å². The quantitative estimate of drug-likeness (QED) is 0.805. The van der Waals surface area contributed by atoms with E-state index in [4.69, 9.17) is 23.2 Å². The van der Waals surface area contributed by atoms with Gasteiger partial charge in [-0.3, -0.25) is 9.59 Å². The summed E-state index contributed by atoms with van der Waals surface area (Å²) in [5, 5.41) is 5.36. The lowest BCUT2D eigenvalue weighted by Gasteiger charge is -2.15. The smallest absolute Gasteiger partial charge is 0.246 e. The van der Waals surface area contributed by atoms with Gasteiger partial charge in [0.2, 0.25) is 11.8 Å². The lowest BCUT2D eigenvalue weighted by atomic mass is 10.3. The standard InChI is InChI=1S/C16H14Cl2N2O2S/c1-20(16(22)7-5-12-3-2-8-23-12)10-15(21)19-11-4-6-13(17)14(18)9-11/h2-9H,10H2,1H3,(H,19,21). The van der Waals surface area contributed by atoms with E-state index in [0.717, 1.165) is 4.88 Å². The van der Waals surface area contributed by atoms with Crippen LogP contribution in [-0.4, -0.2) is 30.3 Å². The summed E-state index contributed by atoms with van der Waals surface area (Å²) in [6, 6.07) is 8.61. The summed E-state index contributed by atoms with van der Waals surface area (Å²) in [6.07, 6.45) is 3.17. The molecule has 0 bridgehead atoms. The van der Waals surface area contributed by atoms with E-state index in [1.54, 1.807) is 31.3 Å². The van der Waals surface area contributed by atoms with E-state index in [-0.39, 0.29) is 18.4 Å². The largest absolute Gasteiger partial charge is 0.333 e. The van der Waals surface area contributed by atoms with Crippen LogP contribution in [0.25, 0.3) is 6.08 Å². The van der Waals surface area contributed by atoms with E-state index in [1.165, 1.54) is 22.3 Å². The van der Waals surface area contributed by atoms with Gasteiger partial charge in [0.25, 0.3) is 0 Å². The van der Waals surface area contributed by atoms with E-state index in [0.29, 0.717) is 15.7 Å². The van der Waals surface area contributed by atoms with Crippen LogP contribution in [0.3, 0.4) is 0 Å². The van der Waals surface area contributed by atoms with Crippen molar-refractivity contribution in [3.8, 4) is 0 Å². The highest BCUT2D eigenvalue weighted by Gasteiger charge is 2.11. The van der Waals surface area contributed by atoms with Crippen LogP contribution in [0.2, 0.25) is 10.0 Å². The van der Waals surface area contributed by atoms with Crippen LogP contribution in [0, 0.1) is 0 Å². The molecule has 2 rings (SSSR count). The number of thiophene rings is 1. The Morgan fingerprint density at radius 3 is 2.70 bits per heavy atom. The SMILES string of the molecule is CN(CC(=O)Nc1ccc(Cl)c(Cl)c1)C(=O)C=Cc1cccs1. The highest BCUT2D eigenvalue weighted by molar-refractivity contribution is 7.10. The molecule has 0 atom stereocenters. The Bertz CT molecular complexity index is 730. The summed E-state index contributed by atoms with van der Waals surface area (Å²) >= 11 is 13.2. The predicted octanol–water partition coefficient (Wildman–Crippen LogP) is 4.17. The fourth-order valence-electron chi connectivity index (χ4n) is 1.73. The molecule has 0 spiro atoms. The van der Waals surface area contributed by atoms with E-state index in [1.807, 2.05) is 17.5 Å². The monoisotopic (exact) mass is 368 g/mol. The molecule has 1 heterocycles. The Kier molecular flexibility index (Phi) is 6.21. The first-order valence-electron chi connectivity index (χ1n) is 6.67. The number of likely N-dealkylation sites (N-methyl/N-ethyl adjacent to an activating group) is 1.